The lowest BCUT2D eigenvalue weighted by atomic mass is 10.1. The van der Waals surface area contributed by atoms with E-state index in [1.807, 2.05) is 31.2 Å². The molecule has 0 atom stereocenters. The molecule has 0 aliphatic rings. The van der Waals surface area contributed by atoms with Gasteiger partial charge in [-0.05, 0) is 18.6 Å². The smallest absolute Gasteiger partial charge is 0.270 e. The van der Waals surface area contributed by atoms with E-state index in [0.717, 1.165) is 11.1 Å². The van der Waals surface area contributed by atoms with E-state index in [1.165, 1.54) is 12.1 Å². The third kappa shape index (κ3) is 3.42. The second kappa shape index (κ2) is 7.11. The lowest BCUT2D eigenvalue weighted by molar-refractivity contribution is -0.384. The first-order chi connectivity index (χ1) is 12.5. The molecular weight excluding hydrogens is 330 g/mol. The molecule has 0 saturated heterocycles. The summed E-state index contributed by atoms with van der Waals surface area (Å²) < 4.78 is 0. The first-order valence-corrected chi connectivity index (χ1v) is 8.03. The lowest BCUT2D eigenvalue weighted by Gasteiger charge is -2.20. The van der Waals surface area contributed by atoms with Crippen LogP contribution < -0.4 is 0 Å². The number of hydrogen-bond donors (Lipinski definition) is 1. The molecule has 0 spiro atoms. The van der Waals surface area contributed by atoms with Crippen molar-refractivity contribution in [2.75, 3.05) is 6.54 Å². The minimum Gasteiger partial charge on any atom is -0.360 e. The van der Waals surface area contributed by atoms with Gasteiger partial charge in [0.1, 0.15) is 0 Å². The third-order valence-corrected chi connectivity index (χ3v) is 4.17. The Balaban J connectivity index is 1.95. The standard InChI is InChI=1S/C20H17N3O3/c1-3-10-22(13-15-6-4-14(2)5-7-15)20(24)18-12-21-19-9-8-16(23(25)26)11-17(18)19/h1,4-9,11-12,21H,10,13H2,2H3. The largest absolute Gasteiger partial charge is 0.360 e. The van der Waals surface area contributed by atoms with E-state index in [9.17, 15) is 14.9 Å². The van der Waals surface area contributed by atoms with Crippen LogP contribution in [0.25, 0.3) is 10.9 Å². The number of carbonyl (C=O) groups is 1. The fourth-order valence-corrected chi connectivity index (χ4v) is 2.79. The monoisotopic (exact) mass is 347 g/mol. The summed E-state index contributed by atoms with van der Waals surface area (Å²) in [5.74, 6) is 2.24. The number of H-pyrrole nitrogens is 1. The average Bonchev–Trinajstić information content (AvgIpc) is 3.05. The van der Waals surface area contributed by atoms with Gasteiger partial charge >= 0.3 is 0 Å². The van der Waals surface area contributed by atoms with Crippen LogP contribution in [0.5, 0.6) is 0 Å². The normalized spacial score (nSPS) is 10.5. The number of nitrogens with one attached hydrogen (secondary N) is 1. The highest BCUT2D eigenvalue weighted by Gasteiger charge is 2.20. The quantitative estimate of drug-likeness (QED) is 0.434. The van der Waals surface area contributed by atoms with E-state index < -0.39 is 4.92 Å². The zero-order chi connectivity index (χ0) is 18.7. The molecule has 3 aromatic rings. The van der Waals surface area contributed by atoms with Gasteiger partial charge in [0.2, 0.25) is 0 Å². The van der Waals surface area contributed by atoms with Crippen molar-refractivity contribution in [3.05, 3.63) is 75.5 Å². The number of rotatable bonds is 5. The molecule has 3 rings (SSSR count). The summed E-state index contributed by atoms with van der Waals surface area (Å²) in [6.45, 7) is 2.51. The molecule has 26 heavy (non-hydrogen) atoms. The maximum absolute atomic E-state index is 13.0. The predicted molar refractivity (Wildman–Crippen MR) is 99.7 cm³/mol. The number of carbonyl (C=O) groups excluding carboxylic acids is 1. The molecule has 0 radical (unpaired) electrons. The summed E-state index contributed by atoms with van der Waals surface area (Å²) in [4.78, 5) is 28.1. The van der Waals surface area contributed by atoms with Crippen LogP contribution in [-0.4, -0.2) is 27.3 Å². The number of amides is 1. The number of hydrogen-bond acceptors (Lipinski definition) is 3. The van der Waals surface area contributed by atoms with Crippen LogP contribution in [0.2, 0.25) is 0 Å². The van der Waals surface area contributed by atoms with Gasteiger partial charge in [-0.3, -0.25) is 14.9 Å². The Labute approximate surface area is 150 Å². The Hall–Kier alpha value is -3.59. The van der Waals surface area contributed by atoms with E-state index in [2.05, 4.69) is 10.9 Å². The van der Waals surface area contributed by atoms with E-state index in [4.69, 9.17) is 6.42 Å². The molecule has 2 aromatic carbocycles. The van der Waals surface area contributed by atoms with Gasteiger partial charge in [0.25, 0.3) is 11.6 Å². The Morgan fingerprint density at radius 3 is 2.65 bits per heavy atom. The molecule has 1 aromatic heterocycles. The second-order valence-corrected chi connectivity index (χ2v) is 6.04. The summed E-state index contributed by atoms with van der Waals surface area (Å²) in [5, 5.41) is 11.5. The Bertz CT molecular complexity index is 1010. The number of benzene rings is 2. The number of aryl methyl sites for hydroxylation is 1. The van der Waals surface area contributed by atoms with Crippen molar-refractivity contribution in [2.45, 2.75) is 13.5 Å². The van der Waals surface area contributed by atoms with Gasteiger partial charge in [-0.25, -0.2) is 0 Å². The van der Waals surface area contributed by atoms with Gasteiger partial charge in [0.05, 0.1) is 17.0 Å². The number of terminal acetylenes is 1. The maximum atomic E-state index is 13.0. The highest BCUT2D eigenvalue weighted by molar-refractivity contribution is 6.07. The number of nitrogens with zero attached hydrogens (tertiary/aromatic N) is 2. The first-order valence-electron chi connectivity index (χ1n) is 8.03. The predicted octanol–water partition coefficient (Wildman–Crippen LogP) is 3.66. The summed E-state index contributed by atoms with van der Waals surface area (Å²) in [6.07, 6.45) is 7.00. The molecule has 0 bridgehead atoms. The molecular formula is C20H17N3O3. The molecule has 1 amide bonds. The number of nitro benzene ring substituents is 1. The number of non-ortho nitro benzene ring substituents is 1. The number of aromatic nitrogens is 1. The van der Waals surface area contributed by atoms with Crippen molar-refractivity contribution >= 4 is 22.5 Å². The molecule has 1 heterocycles. The summed E-state index contributed by atoms with van der Waals surface area (Å²) in [6, 6.07) is 12.2. The van der Waals surface area contributed by atoms with E-state index in [1.54, 1.807) is 17.2 Å². The molecule has 130 valence electrons. The molecule has 0 unspecified atom stereocenters. The zero-order valence-corrected chi connectivity index (χ0v) is 14.2. The van der Waals surface area contributed by atoms with E-state index >= 15 is 0 Å². The van der Waals surface area contributed by atoms with Crippen LogP contribution in [0, 0.1) is 29.4 Å². The van der Waals surface area contributed by atoms with Crippen LogP contribution in [0.15, 0.2) is 48.7 Å². The van der Waals surface area contributed by atoms with Crippen LogP contribution >= 0.6 is 0 Å². The highest BCUT2D eigenvalue weighted by Crippen LogP contribution is 2.25. The highest BCUT2D eigenvalue weighted by atomic mass is 16.6. The third-order valence-electron chi connectivity index (χ3n) is 4.17. The van der Waals surface area contributed by atoms with Crippen molar-refractivity contribution in [1.29, 1.82) is 0 Å². The van der Waals surface area contributed by atoms with Gasteiger partial charge in [0, 0.05) is 35.8 Å². The van der Waals surface area contributed by atoms with Crippen molar-refractivity contribution in [3.8, 4) is 12.3 Å². The second-order valence-electron chi connectivity index (χ2n) is 6.04. The van der Waals surface area contributed by atoms with Crippen molar-refractivity contribution in [2.24, 2.45) is 0 Å². The van der Waals surface area contributed by atoms with Crippen molar-refractivity contribution < 1.29 is 9.72 Å². The zero-order valence-electron chi connectivity index (χ0n) is 14.2. The first kappa shape index (κ1) is 17.2. The van der Waals surface area contributed by atoms with Crippen LogP contribution in [-0.2, 0) is 6.54 Å². The summed E-state index contributed by atoms with van der Waals surface area (Å²) in [5.41, 5.74) is 3.06. The molecule has 0 saturated carbocycles. The minimum absolute atomic E-state index is 0.0619. The number of fused-ring (bicyclic) bond motifs is 1. The lowest BCUT2D eigenvalue weighted by Crippen LogP contribution is -2.30. The van der Waals surface area contributed by atoms with Gasteiger partial charge in [-0.15, -0.1) is 6.42 Å². The van der Waals surface area contributed by atoms with E-state index in [0.29, 0.717) is 23.0 Å². The fourth-order valence-electron chi connectivity index (χ4n) is 2.79. The molecule has 6 nitrogen and oxygen atoms in total. The molecule has 0 aliphatic carbocycles. The number of aromatic amines is 1. The van der Waals surface area contributed by atoms with E-state index in [-0.39, 0.29) is 18.1 Å². The molecule has 0 aliphatic heterocycles. The van der Waals surface area contributed by atoms with Crippen LogP contribution in [0.3, 0.4) is 0 Å². The molecule has 0 fully saturated rings. The molecule has 1 N–H and O–H groups in total. The van der Waals surface area contributed by atoms with Crippen LogP contribution in [0.4, 0.5) is 5.69 Å². The topological polar surface area (TPSA) is 79.2 Å². The van der Waals surface area contributed by atoms with Crippen LogP contribution in [0.1, 0.15) is 21.5 Å². The Morgan fingerprint density at radius 2 is 2.00 bits per heavy atom. The summed E-state index contributed by atoms with van der Waals surface area (Å²) in [7, 11) is 0. The van der Waals surface area contributed by atoms with Gasteiger partial charge in [-0.2, -0.15) is 0 Å². The molecule has 6 heteroatoms. The SMILES string of the molecule is C#CCN(Cc1ccc(C)cc1)C(=O)c1c[nH]c2ccc([N+](=O)[O-])cc12. The summed E-state index contributed by atoms with van der Waals surface area (Å²) >= 11 is 0. The Morgan fingerprint density at radius 1 is 1.27 bits per heavy atom. The van der Waals surface area contributed by atoms with Crippen molar-refractivity contribution in [1.82, 2.24) is 9.88 Å². The maximum Gasteiger partial charge on any atom is 0.270 e. The van der Waals surface area contributed by atoms with Gasteiger partial charge in [-0.1, -0.05) is 35.7 Å². The Kier molecular flexibility index (Phi) is 4.72. The van der Waals surface area contributed by atoms with Gasteiger partial charge < -0.3 is 9.88 Å². The van der Waals surface area contributed by atoms with Gasteiger partial charge in [0.15, 0.2) is 0 Å². The minimum atomic E-state index is -0.480. The average molecular weight is 347 g/mol. The van der Waals surface area contributed by atoms with Crippen molar-refractivity contribution in [3.63, 3.8) is 0 Å². The number of nitro groups is 1. The fraction of sp³-hybridized carbons (Fsp3) is 0.150.